The predicted octanol–water partition coefficient (Wildman–Crippen LogP) is 8.37. The molecule has 0 bridgehead atoms. The maximum atomic E-state index is 14.0. The molecule has 1 aliphatic heterocycles. The summed E-state index contributed by atoms with van der Waals surface area (Å²) in [6.07, 6.45) is 21.7. The van der Waals surface area contributed by atoms with Crippen LogP contribution in [-0.2, 0) is 9.53 Å². The van der Waals surface area contributed by atoms with Crippen molar-refractivity contribution in [1.82, 2.24) is 4.90 Å². The van der Waals surface area contributed by atoms with Crippen LogP contribution in [0.1, 0.15) is 133 Å². The number of ether oxygens (including phenoxy) is 1. The Morgan fingerprint density at radius 2 is 1.36 bits per heavy atom. The van der Waals surface area contributed by atoms with Gasteiger partial charge in [-0.15, -0.1) is 0 Å². The van der Waals surface area contributed by atoms with Gasteiger partial charge in [-0.3, -0.25) is 4.79 Å². The third kappa shape index (κ3) is 11.4. The van der Waals surface area contributed by atoms with Crippen LogP contribution in [0.5, 0.6) is 0 Å². The lowest BCUT2D eigenvalue weighted by Gasteiger charge is -2.23. The minimum atomic E-state index is -0.910. The molecule has 6 heteroatoms. The number of nitrogens with zero attached hydrogens (tertiary/aromatic N) is 1. The van der Waals surface area contributed by atoms with Crippen LogP contribution in [0.4, 0.5) is 8.78 Å². The van der Waals surface area contributed by atoms with Gasteiger partial charge in [-0.2, -0.15) is 0 Å². The molecule has 1 fully saturated rings. The molecule has 1 heterocycles. The van der Waals surface area contributed by atoms with Gasteiger partial charge in [0.05, 0.1) is 12.2 Å². The van der Waals surface area contributed by atoms with Crippen molar-refractivity contribution in [2.75, 3.05) is 13.2 Å². The highest BCUT2D eigenvalue weighted by Crippen LogP contribution is 2.23. The average Bonchev–Trinajstić information content (AvgIpc) is 3.36. The summed E-state index contributed by atoms with van der Waals surface area (Å²) in [6, 6.07) is 2.18. The second kappa shape index (κ2) is 18.3. The van der Waals surface area contributed by atoms with E-state index >= 15 is 0 Å². The molecule has 1 aromatic rings. The normalized spacial score (nSPS) is 15.4. The van der Waals surface area contributed by atoms with Crippen molar-refractivity contribution in [2.45, 2.75) is 129 Å². The van der Waals surface area contributed by atoms with Crippen LogP contribution in [0.3, 0.4) is 0 Å². The Bertz CT molecular complexity index is 771. The second-order valence-electron chi connectivity index (χ2n) is 10.3. The van der Waals surface area contributed by atoms with E-state index in [0.29, 0.717) is 32.1 Å². The molecule has 0 spiro atoms. The summed E-state index contributed by atoms with van der Waals surface area (Å²) in [6.45, 7) is 2.98. The average molecular weight is 508 g/mol. The van der Waals surface area contributed by atoms with Crippen molar-refractivity contribution >= 4 is 11.9 Å². The van der Waals surface area contributed by atoms with Gasteiger partial charge >= 0.3 is 5.97 Å². The van der Waals surface area contributed by atoms with Crippen molar-refractivity contribution in [3.05, 3.63) is 35.4 Å². The van der Waals surface area contributed by atoms with Crippen LogP contribution in [-0.4, -0.2) is 36.0 Å². The first-order valence-corrected chi connectivity index (χ1v) is 14.5. The third-order valence-electron chi connectivity index (χ3n) is 7.19. The fraction of sp³-hybridized carbons (Fsp3) is 0.733. The van der Waals surface area contributed by atoms with Gasteiger partial charge in [0.25, 0.3) is 5.91 Å². The number of hydrogen-bond acceptors (Lipinski definition) is 3. The first kappa shape index (κ1) is 30.2. The maximum absolute atomic E-state index is 14.0. The van der Waals surface area contributed by atoms with Gasteiger partial charge in [-0.05, 0) is 31.4 Å². The second-order valence-corrected chi connectivity index (χ2v) is 10.3. The Morgan fingerprint density at radius 3 is 1.89 bits per heavy atom. The molecule has 1 aliphatic rings. The molecule has 1 aromatic carbocycles. The molecule has 0 N–H and O–H groups in total. The van der Waals surface area contributed by atoms with Crippen LogP contribution >= 0.6 is 0 Å². The van der Waals surface area contributed by atoms with E-state index in [9.17, 15) is 18.4 Å². The third-order valence-corrected chi connectivity index (χ3v) is 7.19. The highest BCUT2D eigenvalue weighted by atomic mass is 19.1. The maximum Gasteiger partial charge on any atom is 0.328 e. The molecule has 1 saturated heterocycles. The molecular weight excluding hydrogens is 460 g/mol. The van der Waals surface area contributed by atoms with Crippen LogP contribution in [0.2, 0.25) is 0 Å². The molecule has 2 rings (SSSR count). The zero-order valence-electron chi connectivity index (χ0n) is 22.4. The van der Waals surface area contributed by atoms with Gasteiger partial charge in [0.15, 0.2) is 0 Å². The fourth-order valence-electron chi connectivity index (χ4n) is 4.99. The van der Waals surface area contributed by atoms with Crippen molar-refractivity contribution in [2.24, 2.45) is 0 Å². The quantitative estimate of drug-likeness (QED) is 0.140. The number of unbranched alkanes of at least 4 members (excludes halogenated alkanes) is 15. The van der Waals surface area contributed by atoms with E-state index in [1.807, 2.05) is 0 Å². The van der Waals surface area contributed by atoms with E-state index in [1.54, 1.807) is 0 Å². The first-order chi connectivity index (χ1) is 17.5. The molecule has 0 saturated carbocycles. The van der Waals surface area contributed by atoms with E-state index < -0.39 is 29.6 Å². The van der Waals surface area contributed by atoms with E-state index in [0.717, 1.165) is 31.4 Å². The number of halogens is 2. The molecule has 0 radical (unpaired) electrons. The summed E-state index contributed by atoms with van der Waals surface area (Å²) in [5.41, 5.74) is -0.214. The number of benzene rings is 1. The van der Waals surface area contributed by atoms with Crippen LogP contribution in [0.25, 0.3) is 0 Å². The Morgan fingerprint density at radius 1 is 0.833 bits per heavy atom. The van der Waals surface area contributed by atoms with Gasteiger partial charge in [-0.25, -0.2) is 13.6 Å². The summed E-state index contributed by atoms with van der Waals surface area (Å²) in [5.74, 6) is -2.66. The molecule has 1 atom stereocenters. The van der Waals surface area contributed by atoms with E-state index in [2.05, 4.69) is 6.92 Å². The first-order valence-electron chi connectivity index (χ1n) is 14.5. The van der Waals surface area contributed by atoms with Crippen LogP contribution in [0.15, 0.2) is 18.2 Å². The number of esters is 1. The lowest BCUT2D eigenvalue weighted by atomic mass is 10.0. The molecule has 0 aliphatic carbocycles. The number of amides is 1. The monoisotopic (exact) mass is 507 g/mol. The molecule has 204 valence electrons. The SMILES string of the molecule is CCCCCCCCCCCCCCCCCCOC(=O)C1CCCN1C(=O)c1ccc(F)cc1F. The number of carbonyl (C=O) groups excluding carboxylic acids is 2. The molecule has 1 amide bonds. The van der Waals surface area contributed by atoms with Crippen molar-refractivity contribution < 1.29 is 23.1 Å². The topological polar surface area (TPSA) is 46.6 Å². The number of likely N-dealkylation sites (tertiary alicyclic amines) is 1. The van der Waals surface area contributed by atoms with Crippen LogP contribution < -0.4 is 0 Å². The van der Waals surface area contributed by atoms with Crippen molar-refractivity contribution in [1.29, 1.82) is 0 Å². The fourth-order valence-corrected chi connectivity index (χ4v) is 4.99. The Balaban J connectivity index is 1.47. The van der Waals surface area contributed by atoms with E-state index in [-0.39, 0.29) is 5.56 Å². The predicted molar refractivity (Wildman–Crippen MR) is 141 cm³/mol. The van der Waals surface area contributed by atoms with Gasteiger partial charge in [0, 0.05) is 12.6 Å². The van der Waals surface area contributed by atoms with Crippen molar-refractivity contribution in [3.8, 4) is 0 Å². The summed E-state index contributed by atoms with van der Waals surface area (Å²) < 4.78 is 32.6. The van der Waals surface area contributed by atoms with Crippen LogP contribution in [0, 0.1) is 11.6 Å². The lowest BCUT2D eigenvalue weighted by molar-refractivity contribution is -0.148. The summed E-state index contributed by atoms with van der Waals surface area (Å²) >= 11 is 0. The lowest BCUT2D eigenvalue weighted by Crippen LogP contribution is -2.41. The number of hydrogen-bond donors (Lipinski definition) is 0. The Hall–Kier alpha value is -1.98. The van der Waals surface area contributed by atoms with Gasteiger partial charge in [0.2, 0.25) is 0 Å². The zero-order valence-corrected chi connectivity index (χ0v) is 22.4. The molecule has 4 nitrogen and oxygen atoms in total. The zero-order chi connectivity index (χ0) is 26.0. The highest BCUT2D eigenvalue weighted by molar-refractivity contribution is 5.97. The smallest absolute Gasteiger partial charge is 0.328 e. The molecular formula is C30H47F2NO3. The largest absolute Gasteiger partial charge is 0.464 e. The standard InChI is InChI=1S/C30H47F2NO3/c1-2-3-4-5-6-7-8-9-10-11-12-13-14-15-16-17-23-36-30(35)28-19-18-22-33(28)29(34)26-21-20-25(31)24-27(26)32/h20-21,24,28H,2-19,22-23H2,1H3. The summed E-state index contributed by atoms with van der Waals surface area (Å²) in [7, 11) is 0. The van der Waals surface area contributed by atoms with Gasteiger partial charge in [0.1, 0.15) is 17.7 Å². The molecule has 36 heavy (non-hydrogen) atoms. The number of rotatable bonds is 19. The Labute approximate surface area is 217 Å². The summed E-state index contributed by atoms with van der Waals surface area (Å²) in [5, 5.41) is 0. The highest BCUT2D eigenvalue weighted by Gasteiger charge is 2.36. The molecule has 0 aromatic heterocycles. The summed E-state index contributed by atoms with van der Waals surface area (Å²) in [4.78, 5) is 26.6. The Kier molecular flexibility index (Phi) is 15.4. The minimum Gasteiger partial charge on any atom is -0.464 e. The van der Waals surface area contributed by atoms with Gasteiger partial charge in [-0.1, -0.05) is 103 Å². The molecule has 1 unspecified atom stereocenters. The number of carbonyl (C=O) groups is 2. The minimum absolute atomic E-state index is 0.214. The van der Waals surface area contributed by atoms with E-state index in [4.69, 9.17) is 4.74 Å². The van der Waals surface area contributed by atoms with Gasteiger partial charge < -0.3 is 9.64 Å². The van der Waals surface area contributed by atoms with Crippen molar-refractivity contribution in [3.63, 3.8) is 0 Å². The van der Waals surface area contributed by atoms with E-state index in [1.165, 1.54) is 88.4 Å².